The van der Waals surface area contributed by atoms with Crippen LogP contribution in [0.3, 0.4) is 0 Å². The van der Waals surface area contributed by atoms with Gasteiger partial charge in [-0.3, -0.25) is 19.2 Å². The van der Waals surface area contributed by atoms with Gasteiger partial charge in [0.2, 0.25) is 0 Å². The standard InChI is InChI=1S/C12H18BrNO6/c1-3-8(11(17)19-4-2)12(18)20-9(10(14)16)5-7(15)6-13/h8-9H,3-6H2,1-2H3,(H2,14,16). The first-order valence-electron chi connectivity index (χ1n) is 6.11. The predicted molar refractivity (Wildman–Crippen MR) is 72.9 cm³/mol. The summed E-state index contributed by atoms with van der Waals surface area (Å²) in [5, 5.41) is 0.0173. The minimum absolute atomic E-state index is 0.0173. The Morgan fingerprint density at radius 1 is 1.15 bits per heavy atom. The fourth-order valence-corrected chi connectivity index (χ4v) is 1.59. The molecule has 20 heavy (non-hydrogen) atoms. The summed E-state index contributed by atoms with van der Waals surface area (Å²) in [5.74, 6) is -4.06. The molecular weight excluding hydrogens is 334 g/mol. The van der Waals surface area contributed by atoms with Crippen LogP contribution in [-0.2, 0) is 28.7 Å². The maximum Gasteiger partial charge on any atom is 0.321 e. The Bertz CT molecular complexity index is 384. The van der Waals surface area contributed by atoms with Gasteiger partial charge >= 0.3 is 11.9 Å². The van der Waals surface area contributed by atoms with Gasteiger partial charge < -0.3 is 15.2 Å². The van der Waals surface area contributed by atoms with E-state index >= 15 is 0 Å². The van der Waals surface area contributed by atoms with Crippen LogP contribution in [-0.4, -0.2) is 41.7 Å². The SMILES string of the molecule is CCOC(=O)C(CC)C(=O)OC(CC(=O)CBr)C(N)=O. The zero-order chi connectivity index (χ0) is 15.7. The van der Waals surface area contributed by atoms with Gasteiger partial charge in [-0.1, -0.05) is 22.9 Å². The molecule has 0 aliphatic heterocycles. The minimum atomic E-state index is -1.38. The first-order chi connectivity index (χ1) is 9.37. The smallest absolute Gasteiger partial charge is 0.321 e. The topological polar surface area (TPSA) is 113 Å². The van der Waals surface area contributed by atoms with Gasteiger partial charge in [0.1, 0.15) is 5.78 Å². The number of amides is 1. The molecule has 0 aliphatic rings. The number of carbonyl (C=O) groups is 4. The number of halogens is 1. The van der Waals surface area contributed by atoms with Gasteiger partial charge in [0.15, 0.2) is 12.0 Å². The van der Waals surface area contributed by atoms with Crippen molar-refractivity contribution in [3.8, 4) is 0 Å². The van der Waals surface area contributed by atoms with Gasteiger partial charge in [-0.2, -0.15) is 0 Å². The maximum absolute atomic E-state index is 11.8. The third-order valence-electron chi connectivity index (χ3n) is 2.40. The number of esters is 2. The van der Waals surface area contributed by atoms with Crippen molar-refractivity contribution in [3.05, 3.63) is 0 Å². The zero-order valence-electron chi connectivity index (χ0n) is 11.4. The maximum atomic E-state index is 11.8. The molecular formula is C12H18BrNO6. The second kappa shape index (κ2) is 9.46. The highest BCUT2D eigenvalue weighted by Crippen LogP contribution is 2.12. The van der Waals surface area contributed by atoms with E-state index in [1.54, 1.807) is 13.8 Å². The second-order valence-electron chi connectivity index (χ2n) is 3.92. The number of ether oxygens (including phenoxy) is 2. The molecule has 0 aromatic carbocycles. The van der Waals surface area contributed by atoms with E-state index in [-0.39, 0.29) is 30.6 Å². The molecule has 1 amide bonds. The van der Waals surface area contributed by atoms with Crippen molar-refractivity contribution in [2.75, 3.05) is 11.9 Å². The molecule has 0 heterocycles. The van der Waals surface area contributed by atoms with Crippen LogP contribution in [0.2, 0.25) is 0 Å². The van der Waals surface area contributed by atoms with E-state index in [1.807, 2.05) is 0 Å². The van der Waals surface area contributed by atoms with Crippen LogP contribution in [0.4, 0.5) is 0 Å². The first-order valence-corrected chi connectivity index (χ1v) is 7.23. The molecule has 0 rings (SSSR count). The molecule has 0 bridgehead atoms. The van der Waals surface area contributed by atoms with Crippen LogP contribution in [0.15, 0.2) is 0 Å². The molecule has 7 nitrogen and oxygen atoms in total. The lowest BCUT2D eigenvalue weighted by Gasteiger charge is -2.17. The summed E-state index contributed by atoms with van der Waals surface area (Å²) in [6, 6.07) is 0. The van der Waals surface area contributed by atoms with Crippen molar-refractivity contribution in [2.45, 2.75) is 32.8 Å². The molecule has 2 atom stereocenters. The van der Waals surface area contributed by atoms with E-state index in [1.165, 1.54) is 0 Å². The summed E-state index contributed by atoms with van der Waals surface area (Å²) in [5.41, 5.74) is 5.06. The van der Waals surface area contributed by atoms with E-state index in [2.05, 4.69) is 15.9 Å². The Hall–Kier alpha value is -1.44. The summed E-state index contributed by atoms with van der Waals surface area (Å²) in [4.78, 5) is 45.8. The first kappa shape index (κ1) is 18.6. The van der Waals surface area contributed by atoms with E-state index < -0.39 is 29.9 Å². The van der Waals surface area contributed by atoms with Gasteiger partial charge in [0.25, 0.3) is 5.91 Å². The molecule has 0 spiro atoms. The molecule has 0 aliphatic carbocycles. The average Bonchev–Trinajstić information content (AvgIpc) is 2.38. The van der Waals surface area contributed by atoms with Crippen LogP contribution < -0.4 is 5.73 Å². The zero-order valence-corrected chi connectivity index (χ0v) is 13.0. The molecule has 0 aromatic rings. The molecule has 2 N–H and O–H groups in total. The molecule has 0 aromatic heterocycles. The third kappa shape index (κ3) is 6.14. The summed E-state index contributed by atoms with van der Waals surface area (Å²) in [6.07, 6.45) is -1.54. The highest BCUT2D eigenvalue weighted by Gasteiger charge is 2.32. The van der Waals surface area contributed by atoms with E-state index in [0.29, 0.717) is 0 Å². The molecule has 2 unspecified atom stereocenters. The predicted octanol–water partition coefficient (Wildman–Crippen LogP) is 0.327. The Morgan fingerprint density at radius 2 is 1.75 bits per heavy atom. The highest BCUT2D eigenvalue weighted by atomic mass is 79.9. The third-order valence-corrected chi connectivity index (χ3v) is 3.03. The number of primary amides is 1. The number of ketones is 1. The molecule has 0 saturated carbocycles. The lowest BCUT2D eigenvalue weighted by atomic mass is 10.1. The fraction of sp³-hybridized carbons (Fsp3) is 0.667. The summed E-state index contributed by atoms with van der Waals surface area (Å²) >= 11 is 2.93. The van der Waals surface area contributed by atoms with Crippen LogP contribution in [0.1, 0.15) is 26.7 Å². The average molecular weight is 352 g/mol. The van der Waals surface area contributed by atoms with Crippen molar-refractivity contribution in [3.63, 3.8) is 0 Å². The number of carbonyl (C=O) groups excluding carboxylic acids is 4. The molecule has 8 heteroatoms. The normalized spacial score (nSPS) is 13.2. The van der Waals surface area contributed by atoms with Crippen LogP contribution >= 0.6 is 15.9 Å². The Kier molecular flexibility index (Phi) is 8.78. The Balaban J connectivity index is 4.76. The van der Waals surface area contributed by atoms with Gasteiger partial charge in [-0.25, -0.2) is 0 Å². The van der Waals surface area contributed by atoms with Gasteiger partial charge in [0.05, 0.1) is 18.4 Å². The van der Waals surface area contributed by atoms with Crippen molar-refractivity contribution in [2.24, 2.45) is 11.7 Å². The molecule has 0 radical (unpaired) electrons. The van der Waals surface area contributed by atoms with Crippen LogP contribution in [0.25, 0.3) is 0 Å². The lowest BCUT2D eigenvalue weighted by molar-refractivity contribution is -0.168. The number of Topliss-reactive ketones (excluding diaryl/α,β-unsaturated/α-hetero) is 1. The van der Waals surface area contributed by atoms with E-state index in [0.717, 1.165) is 0 Å². The quantitative estimate of drug-likeness (QED) is 0.363. The van der Waals surface area contributed by atoms with Gasteiger partial charge in [-0.15, -0.1) is 0 Å². The van der Waals surface area contributed by atoms with Crippen molar-refractivity contribution in [1.82, 2.24) is 0 Å². The molecule has 0 fully saturated rings. The summed E-state index contributed by atoms with van der Waals surface area (Å²) in [7, 11) is 0. The summed E-state index contributed by atoms with van der Waals surface area (Å²) < 4.78 is 9.58. The van der Waals surface area contributed by atoms with Crippen molar-refractivity contribution < 1.29 is 28.7 Å². The number of nitrogens with two attached hydrogens (primary N) is 1. The largest absolute Gasteiger partial charge is 0.465 e. The van der Waals surface area contributed by atoms with Crippen molar-refractivity contribution in [1.29, 1.82) is 0 Å². The molecule has 114 valence electrons. The number of alkyl halides is 1. The van der Waals surface area contributed by atoms with Crippen molar-refractivity contribution >= 4 is 39.6 Å². The summed E-state index contributed by atoms with van der Waals surface area (Å²) in [6.45, 7) is 3.34. The number of rotatable bonds is 9. The minimum Gasteiger partial charge on any atom is -0.465 e. The van der Waals surface area contributed by atoms with E-state index in [4.69, 9.17) is 15.2 Å². The number of hydrogen-bond acceptors (Lipinski definition) is 6. The monoisotopic (exact) mass is 351 g/mol. The highest BCUT2D eigenvalue weighted by molar-refractivity contribution is 9.09. The van der Waals surface area contributed by atoms with Gasteiger partial charge in [-0.05, 0) is 13.3 Å². The van der Waals surface area contributed by atoms with Gasteiger partial charge in [0, 0.05) is 0 Å². The lowest BCUT2D eigenvalue weighted by Crippen LogP contribution is -2.38. The second-order valence-corrected chi connectivity index (χ2v) is 4.48. The van der Waals surface area contributed by atoms with Crippen LogP contribution in [0, 0.1) is 5.92 Å². The fourth-order valence-electron chi connectivity index (χ4n) is 1.36. The molecule has 0 saturated heterocycles. The van der Waals surface area contributed by atoms with Crippen LogP contribution in [0.5, 0.6) is 0 Å². The Morgan fingerprint density at radius 3 is 2.15 bits per heavy atom. The Labute approximate surface area is 125 Å². The number of hydrogen-bond donors (Lipinski definition) is 1. The van der Waals surface area contributed by atoms with E-state index in [9.17, 15) is 19.2 Å².